The first-order chi connectivity index (χ1) is 14.5. The van der Waals surface area contributed by atoms with Crippen molar-refractivity contribution < 1.29 is 23.5 Å². The molecule has 0 aliphatic rings. The molecule has 0 aliphatic carbocycles. The molecule has 2 heterocycles. The Bertz CT molecular complexity index is 1070. The van der Waals surface area contributed by atoms with Gasteiger partial charge in [-0.05, 0) is 42.5 Å². The van der Waals surface area contributed by atoms with Crippen LogP contribution in [0.2, 0.25) is 0 Å². The Labute approximate surface area is 179 Å². The van der Waals surface area contributed by atoms with Gasteiger partial charge in [-0.3, -0.25) is 0 Å². The summed E-state index contributed by atoms with van der Waals surface area (Å²) >= 11 is 2.12. The molecule has 12 heteroatoms. The van der Waals surface area contributed by atoms with Crippen molar-refractivity contribution in [3.63, 3.8) is 0 Å². The molecular weight excluding hydrogens is 433 g/mol. The summed E-state index contributed by atoms with van der Waals surface area (Å²) in [6, 6.07) is 5.79. The molecule has 0 saturated carbocycles. The number of esters is 2. The Hall–Kier alpha value is -2.99. The second kappa shape index (κ2) is 9.67. The van der Waals surface area contributed by atoms with Crippen molar-refractivity contribution in [3.8, 4) is 5.69 Å². The first kappa shape index (κ1) is 21.7. The van der Waals surface area contributed by atoms with Gasteiger partial charge in [0, 0.05) is 11.3 Å². The van der Waals surface area contributed by atoms with E-state index in [1.807, 2.05) is 0 Å². The summed E-state index contributed by atoms with van der Waals surface area (Å²) in [5.41, 5.74) is 6.95. The highest BCUT2D eigenvalue weighted by Crippen LogP contribution is 2.36. The second-order valence-corrected chi connectivity index (χ2v) is 7.73. The van der Waals surface area contributed by atoms with Gasteiger partial charge in [0.25, 0.3) is 0 Å². The van der Waals surface area contributed by atoms with Crippen LogP contribution in [0.15, 0.2) is 29.4 Å². The van der Waals surface area contributed by atoms with E-state index in [0.717, 1.165) is 23.1 Å². The number of carbonyl (C=O) groups is 2. The maximum atomic E-state index is 13.6. The van der Waals surface area contributed by atoms with Gasteiger partial charge in [-0.15, -0.1) is 16.4 Å². The van der Waals surface area contributed by atoms with Gasteiger partial charge in [-0.1, -0.05) is 17.8 Å². The van der Waals surface area contributed by atoms with E-state index >= 15 is 0 Å². The maximum Gasteiger partial charge on any atom is 0.348 e. The number of thiophene rings is 1. The third-order valence-corrected chi connectivity index (χ3v) is 5.80. The zero-order valence-electron chi connectivity index (χ0n) is 16.1. The number of thioether (sulfide) groups is 1. The molecule has 9 nitrogen and oxygen atoms in total. The van der Waals surface area contributed by atoms with Crippen LogP contribution < -0.4 is 5.73 Å². The standard InChI is InChI=1S/C18H18FN5O4S2/c1-3-27-16(25)13-12(14(30-15(13)20)17(26)28-4-2)9-29-18-21-22-23-24(18)11-7-5-6-10(19)8-11/h5-8H,3-4,9,20H2,1-2H3. The highest BCUT2D eigenvalue weighted by Gasteiger charge is 2.28. The average Bonchev–Trinajstić information content (AvgIpc) is 3.30. The first-order valence-electron chi connectivity index (χ1n) is 8.88. The molecule has 3 rings (SSSR count). The van der Waals surface area contributed by atoms with Gasteiger partial charge in [0.15, 0.2) is 0 Å². The van der Waals surface area contributed by atoms with Crippen LogP contribution >= 0.6 is 23.1 Å². The van der Waals surface area contributed by atoms with Crippen molar-refractivity contribution in [2.75, 3.05) is 18.9 Å². The molecular formula is C18H18FN5O4S2. The number of hydrogen-bond donors (Lipinski definition) is 1. The normalized spacial score (nSPS) is 10.8. The summed E-state index contributed by atoms with van der Waals surface area (Å²) in [6.07, 6.45) is 0. The van der Waals surface area contributed by atoms with Gasteiger partial charge in [-0.2, -0.15) is 4.68 Å². The van der Waals surface area contributed by atoms with E-state index in [2.05, 4.69) is 15.5 Å². The summed E-state index contributed by atoms with van der Waals surface area (Å²) in [6.45, 7) is 3.69. The molecule has 0 radical (unpaired) electrons. The van der Waals surface area contributed by atoms with E-state index in [1.54, 1.807) is 19.9 Å². The smallest absolute Gasteiger partial charge is 0.348 e. The van der Waals surface area contributed by atoms with E-state index in [1.165, 1.54) is 22.9 Å². The van der Waals surface area contributed by atoms with Crippen molar-refractivity contribution in [3.05, 3.63) is 46.1 Å². The number of halogens is 1. The van der Waals surface area contributed by atoms with E-state index in [0.29, 0.717) is 16.4 Å². The van der Waals surface area contributed by atoms with Crippen LogP contribution in [0.25, 0.3) is 5.69 Å². The van der Waals surface area contributed by atoms with Crippen LogP contribution in [0.5, 0.6) is 0 Å². The number of nitrogens with zero attached hydrogens (tertiary/aromatic N) is 4. The summed E-state index contributed by atoms with van der Waals surface area (Å²) < 4.78 is 25.1. The highest BCUT2D eigenvalue weighted by molar-refractivity contribution is 7.98. The average molecular weight is 452 g/mol. The van der Waals surface area contributed by atoms with Crippen LogP contribution in [-0.2, 0) is 15.2 Å². The molecule has 0 fully saturated rings. The summed E-state index contributed by atoms with van der Waals surface area (Å²) in [5.74, 6) is -1.49. The number of anilines is 1. The number of ether oxygens (including phenoxy) is 2. The van der Waals surface area contributed by atoms with Gasteiger partial charge in [0.2, 0.25) is 5.16 Å². The lowest BCUT2D eigenvalue weighted by molar-refractivity contribution is 0.0527. The van der Waals surface area contributed by atoms with Crippen molar-refractivity contribution in [2.24, 2.45) is 0 Å². The predicted molar refractivity (Wildman–Crippen MR) is 109 cm³/mol. The molecule has 158 valence electrons. The second-order valence-electron chi connectivity index (χ2n) is 5.73. The lowest BCUT2D eigenvalue weighted by Crippen LogP contribution is -2.11. The molecule has 30 heavy (non-hydrogen) atoms. The number of nitrogen functional groups attached to an aromatic ring is 1. The van der Waals surface area contributed by atoms with Crippen LogP contribution in [0, 0.1) is 5.82 Å². The van der Waals surface area contributed by atoms with E-state index in [9.17, 15) is 14.0 Å². The number of nitrogens with two attached hydrogens (primary N) is 1. The number of carbonyl (C=O) groups excluding carboxylic acids is 2. The fourth-order valence-electron chi connectivity index (χ4n) is 2.59. The van der Waals surface area contributed by atoms with Crippen molar-refractivity contribution in [1.82, 2.24) is 20.2 Å². The zero-order chi connectivity index (χ0) is 21.7. The number of rotatable bonds is 8. The molecule has 2 aromatic heterocycles. The zero-order valence-corrected chi connectivity index (χ0v) is 17.8. The fourth-order valence-corrected chi connectivity index (χ4v) is 4.57. The highest BCUT2D eigenvalue weighted by atomic mass is 32.2. The van der Waals surface area contributed by atoms with Crippen LogP contribution in [-0.4, -0.2) is 45.4 Å². The molecule has 0 saturated heterocycles. The molecule has 0 atom stereocenters. The minimum absolute atomic E-state index is 0.127. The quantitative estimate of drug-likeness (QED) is 0.406. The largest absolute Gasteiger partial charge is 0.462 e. The topological polar surface area (TPSA) is 122 Å². The van der Waals surface area contributed by atoms with Gasteiger partial charge in [0.05, 0.1) is 24.5 Å². The summed E-state index contributed by atoms with van der Waals surface area (Å²) in [7, 11) is 0. The van der Waals surface area contributed by atoms with Crippen molar-refractivity contribution in [1.29, 1.82) is 0 Å². The summed E-state index contributed by atoms with van der Waals surface area (Å²) in [4.78, 5) is 25.0. The fraction of sp³-hybridized carbons (Fsp3) is 0.278. The van der Waals surface area contributed by atoms with Gasteiger partial charge in [0.1, 0.15) is 15.7 Å². The maximum absolute atomic E-state index is 13.6. The third-order valence-electron chi connectivity index (χ3n) is 3.81. The van der Waals surface area contributed by atoms with E-state index in [4.69, 9.17) is 15.2 Å². The number of aromatic nitrogens is 4. The van der Waals surface area contributed by atoms with Gasteiger partial charge < -0.3 is 15.2 Å². The predicted octanol–water partition coefficient (Wildman–Crippen LogP) is 3.09. The molecule has 0 unspecified atom stereocenters. The minimum Gasteiger partial charge on any atom is -0.462 e. The Balaban J connectivity index is 1.94. The van der Waals surface area contributed by atoms with Crippen LogP contribution in [0.3, 0.4) is 0 Å². The molecule has 0 bridgehead atoms. The van der Waals surface area contributed by atoms with E-state index in [-0.39, 0.29) is 34.4 Å². The molecule has 1 aromatic carbocycles. The molecule has 3 aromatic rings. The Kier molecular flexibility index (Phi) is 7.00. The van der Waals surface area contributed by atoms with Crippen molar-refractivity contribution >= 4 is 40.0 Å². The number of tetrazole rings is 1. The minimum atomic E-state index is -0.623. The Morgan fingerprint density at radius 1 is 1.23 bits per heavy atom. The number of hydrogen-bond acceptors (Lipinski definition) is 10. The molecule has 0 amide bonds. The lowest BCUT2D eigenvalue weighted by atomic mass is 10.1. The number of benzene rings is 1. The lowest BCUT2D eigenvalue weighted by Gasteiger charge is -2.08. The van der Waals surface area contributed by atoms with Crippen LogP contribution in [0.4, 0.5) is 9.39 Å². The third kappa shape index (κ3) is 4.60. The van der Waals surface area contributed by atoms with Crippen molar-refractivity contribution in [2.45, 2.75) is 24.8 Å². The molecule has 2 N–H and O–H groups in total. The molecule has 0 aliphatic heterocycles. The molecule has 0 spiro atoms. The summed E-state index contributed by atoms with van der Waals surface area (Å²) in [5, 5.41) is 12.0. The monoisotopic (exact) mass is 451 g/mol. The Morgan fingerprint density at radius 3 is 2.67 bits per heavy atom. The first-order valence-corrected chi connectivity index (χ1v) is 10.7. The van der Waals surface area contributed by atoms with Gasteiger partial charge in [-0.25, -0.2) is 14.0 Å². The van der Waals surface area contributed by atoms with Gasteiger partial charge >= 0.3 is 11.9 Å². The van der Waals surface area contributed by atoms with E-state index < -0.39 is 17.8 Å². The Morgan fingerprint density at radius 2 is 1.97 bits per heavy atom. The van der Waals surface area contributed by atoms with Crippen LogP contribution in [0.1, 0.15) is 39.4 Å². The SMILES string of the molecule is CCOC(=O)c1sc(N)c(C(=O)OCC)c1CSc1nnnn1-c1cccc(F)c1.